The van der Waals surface area contributed by atoms with Gasteiger partial charge >= 0.3 is 5.97 Å². The topological polar surface area (TPSA) is 51.2 Å². The normalized spacial score (nSPS) is 10.6. The number of methoxy groups -OCH3 is 1. The second kappa shape index (κ2) is 6.52. The monoisotopic (exact) mass is 290 g/mol. The zero-order chi connectivity index (χ0) is 14.5. The van der Waals surface area contributed by atoms with Gasteiger partial charge in [-0.25, -0.2) is 4.98 Å². The molecule has 5 heteroatoms. The first-order valence-corrected chi connectivity index (χ1v) is 7.35. The number of anilines is 2. The molecule has 0 radical (unpaired) electrons. The standard InChI is InChI=1S/C15H18N2O2S/c1-10(2)12-6-4-5-7-13(12)17-15-16-11(9-20-15)8-14(18)19-3/h4-7,9-10H,8H2,1-3H3,(H,16,17). The van der Waals surface area contributed by atoms with E-state index in [4.69, 9.17) is 0 Å². The number of rotatable bonds is 5. The summed E-state index contributed by atoms with van der Waals surface area (Å²) in [7, 11) is 1.38. The fourth-order valence-electron chi connectivity index (χ4n) is 1.90. The summed E-state index contributed by atoms with van der Waals surface area (Å²) in [6.45, 7) is 4.32. The summed E-state index contributed by atoms with van der Waals surface area (Å²) in [5, 5.41) is 5.98. The van der Waals surface area contributed by atoms with Gasteiger partial charge < -0.3 is 10.1 Å². The van der Waals surface area contributed by atoms with Crippen LogP contribution < -0.4 is 5.32 Å². The lowest BCUT2D eigenvalue weighted by Gasteiger charge is -2.12. The molecule has 1 aromatic carbocycles. The largest absolute Gasteiger partial charge is 0.469 e. The van der Waals surface area contributed by atoms with Gasteiger partial charge in [-0.1, -0.05) is 32.0 Å². The van der Waals surface area contributed by atoms with E-state index >= 15 is 0 Å². The van der Waals surface area contributed by atoms with E-state index in [0.29, 0.717) is 5.92 Å². The van der Waals surface area contributed by atoms with Crippen LogP contribution in [0.4, 0.5) is 10.8 Å². The SMILES string of the molecule is COC(=O)Cc1csc(Nc2ccccc2C(C)C)n1. The van der Waals surface area contributed by atoms with Crippen LogP contribution >= 0.6 is 11.3 Å². The quantitative estimate of drug-likeness (QED) is 0.853. The molecule has 0 amide bonds. The molecule has 0 saturated heterocycles. The van der Waals surface area contributed by atoms with E-state index in [0.717, 1.165) is 16.5 Å². The molecule has 1 N–H and O–H groups in total. The van der Waals surface area contributed by atoms with Gasteiger partial charge in [0, 0.05) is 11.1 Å². The molecule has 0 unspecified atom stereocenters. The number of nitrogens with one attached hydrogen (secondary N) is 1. The first-order chi connectivity index (χ1) is 9.60. The summed E-state index contributed by atoms with van der Waals surface area (Å²) >= 11 is 1.49. The van der Waals surface area contributed by atoms with Gasteiger partial charge in [-0.15, -0.1) is 11.3 Å². The number of hydrogen-bond donors (Lipinski definition) is 1. The van der Waals surface area contributed by atoms with E-state index in [9.17, 15) is 4.79 Å². The molecule has 1 heterocycles. The van der Waals surface area contributed by atoms with Crippen LogP contribution in [0.5, 0.6) is 0 Å². The number of carbonyl (C=O) groups excluding carboxylic acids is 1. The minimum absolute atomic E-state index is 0.209. The van der Waals surface area contributed by atoms with Crippen molar-refractivity contribution in [2.75, 3.05) is 12.4 Å². The maximum absolute atomic E-state index is 11.2. The van der Waals surface area contributed by atoms with Crippen molar-refractivity contribution >= 4 is 28.1 Å². The Bertz CT molecular complexity index is 593. The third kappa shape index (κ3) is 3.57. The fraction of sp³-hybridized carbons (Fsp3) is 0.333. The average molecular weight is 290 g/mol. The second-order valence-corrected chi connectivity index (χ2v) is 5.62. The van der Waals surface area contributed by atoms with Gasteiger partial charge in [0.25, 0.3) is 0 Å². The number of aromatic nitrogens is 1. The average Bonchev–Trinajstić information content (AvgIpc) is 2.86. The van der Waals surface area contributed by atoms with E-state index in [1.54, 1.807) is 0 Å². The van der Waals surface area contributed by atoms with Crippen LogP contribution in [0.25, 0.3) is 0 Å². The molecule has 20 heavy (non-hydrogen) atoms. The highest BCUT2D eigenvalue weighted by molar-refractivity contribution is 7.13. The van der Waals surface area contributed by atoms with Gasteiger partial charge in [0.05, 0.1) is 19.2 Å². The number of esters is 1. The van der Waals surface area contributed by atoms with Gasteiger partial charge in [-0.3, -0.25) is 4.79 Å². The van der Waals surface area contributed by atoms with Crippen molar-refractivity contribution in [3.05, 3.63) is 40.9 Å². The number of benzene rings is 1. The maximum Gasteiger partial charge on any atom is 0.311 e. The summed E-state index contributed by atoms with van der Waals surface area (Å²) in [6.07, 6.45) is 0.209. The number of thiazole rings is 1. The van der Waals surface area contributed by atoms with Crippen LogP contribution in [0.15, 0.2) is 29.6 Å². The first kappa shape index (κ1) is 14.5. The molecule has 0 aliphatic rings. The predicted molar refractivity (Wildman–Crippen MR) is 81.6 cm³/mol. The number of hydrogen-bond acceptors (Lipinski definition) is 5. The Morgan fingerprint density at radius 1 is 1.40 bits per heavy atom. The molecule has 0 aliphatic carbocycles. The number of nitrogens with zero attached hydrogens (tertiary/aromatic N) is 1. The van der Waals surface area contributed by atoms with Crippen LogP contribution in [0.3, 0.4) is 0 Å². The maximum atomic E-state index is 11.2. The first-order valence-electron chi connectivity index (χ1n) is 6.47. The van der Waals surface area contributed by atoms with Gasteiger partial charge in [-0.2, -0.15) is 0 Å². The molecule has 0 bridgehead atoms. The summed E-state index contributed by atoms with van der Waals surface area (Å²) in [5.41, 5.74) is 3.03. The Balaban J connectivity index is 2.13. The Labute approximate surface area is 122 Å². The summed E-state index contributed by atoms with van der Waals surface area (Å²) < 4.78 is 4.64. The number of para-hydroxylation sites is 1. The lowest BCUT2D eigenvalue weighted by molar-refractivity contribution is -0.139. The summed E-state index contributed by atoms with van der Waals surface area (Å²) in [5.74, 6) is 0.164. The Kier molecular flexibility index (Phi) is 4.74. The van der Waals surface area contributed by atoms with Crippen molar-refractivity contribution in [1.29, 1.82) is 0 Å². The van der Waals surface area contributed by atoms with Gasteiger partial charge in [0.1, 0.15) is 0 Å². The molecule has 0 atom stereocenters. The Morgan fingerprint density at radius 3 is 2.85 bits per heavy atom. The molecule has 4 nitrogen and oxygen atoms in total. The molecular weight excluding hydrogens is 272 g/mol. The Morgan fingerprint density at radius 2 is 2.15 bits per heavy atom. The molecule has 0 saturated carbocycles. The summed E-state index contributed by atoms with van der Waals surface area (Å²) in [4.78, 5) is 15.6. The van der Waals surface area contributed by atoms with Gasteiger partial charge in [-0.05, 0) is 17.5 Å². The van der Waals surface area contributed by atoms with E-state index in [1.165, 1.54) is 24.0 Å². The van der Waals surface area contributed by atoms with Crippen molar-refractivity contribution in [2.24, 2.45) is 0 Å². The Hall–Kier alpha value is -1.88. The lowest BCUT2D eigenvalue weighted by Crippen LogP contribution is -2.04. The number of ether oxygens (including phenoxy) is 1. The van der Waals surface area contributed by atoms with E-state index in [-0.39, 0.29) is 12.4 Å². The van der Waals surface area contributed by atoms with E-state index in [2.05, 4.69) is 35.0 Å². The second-order valence-electron chi connectivity index (χ2n) is 4.76. The van der Waals surface area contributed by atoms with Gasteiger partial charge in [0.2, 0.25) is 0 Å². The minimum atomic E-state index is -0.274. The molecule has 106 valence electrons. The van der Waals surface area contributed by atoms with E-state index < -0.39 is 0 Å². The molecule has 0 spiro atoms. The third-order valence-electron chi connectivity index (χ3n) is 2.93. The molecule has 1 aromatic heterocycles. The van der Waals surface area contributed by atoms with Crippen molar-refractivity contribution in [3.63, 3.8) is 0 Å². The van der Waals surface area contributed by atoms with Crippen molar-refractivity contribution < 1.29 is 9.53 Å². The van der Waals surface area contributed by atoms with Crippen LogP contribution in [0, 0.1) is 0 Å². The van der Waals surface area contributed by atoms with Crippen molar-refractivity contribution in [1.82, 2.24) is 4.98 Å². The molecule has 0 fully saturated rings. The van der Waals surface area contributed by atoms with Crippen molar-refractivity contribution in [2.45, 2.75) is 26.2 Å². The van der Waals surface area contributed by atoms with Crippen molar-refractivity contribution in [3.8, 4) is 0 Å². The van der Waals surface area contributed by atoms with Crippen LogP contribution in [-0.4, -0.2) is 18.1 Å². The third-order valence-corrected chi connectivity index (χ3v) is 3.74. The smallest absolute Gasteiger partial charge is 0.311 e. The molecular formula is C15H18N2O2S. The zero-order valence-electron chi connectivity index (χ0n) is 11.8. The summed E-state index contributed by atoms with van der Waals surface area (Å²) in [6, 6.07) is 8.18. The highest BCUT2D eigenvalue weighted by Gasteiger charge is 2.10. The fourth-order valence-corrected chi connectivity index (χ4v) is 2.62. The van der Waals surface area contributed by atoms with Crippen LogP contribution in [-0.2, 0) is 16.0 Å². The predicted octanol–water partition coefficient (Wildman–Crippen LogP) is 3.73. The molecule has 2 aromatic rings. The van der Waals surface area contributed by atoms with E-state index in [1.807, 2.05) is 23.6 Å². The molecule has 0 aliphatic heterocycles. The minimum Gasteiger partial charge on any atom is -0.469 e. The van der Waals surface area contributed by atoms with Gasteiger partial charge in [0.15, 0.2) is 5.13 Å². The van der Waals surface area contributed by atoms with Crippen LogP contribution in [0.2, 0.25) is 0 Å². The zero-order valence-corrected chi connectivity index (χ0v) is 12.7. The lowest BCUT2D eigenvalue weighted by atomic mass is 10.0. The van der Waals surface area contributed by atoms with Crippen LogP contribution in [0.1, 0.15) is 31.0 Å². The number of carbonyl (C=O) groups is 1. The molecule has 2 rings (SSSR count). The highest BCUT2D eigenvalue weighted by Crippen LogP contribution is 2.28. The highest BCUT2D eigenvalue weighted by atomic mass is 32.1.